The zero-order valence-corrected chi connectivity index (χ0v) is 11.5. The molecule has 2 rings (SSSR count). The molecule has 0 spiro atoms. The van der Waals surface area contributed by atoms with Crippen LogP contribution in [0.4, 0.5) is 0 Å². The number of hydrogen-bond acceptors (Lipinski definition) is 0. The first-order valence-electron chi connectivity index (χ1n) is 4.53. The fraction of sp³-hybridized carbons (Fsp3) is 0. The van der Waals surface area contributed by atoms with Gasteiger partial charge < -0.3 is 0 Å². The molecule has 0 aliphatic heterocycles. The second-order valence-electron chi connectivity index (χ2n) is 3.15. The van der Waals surface area contributed by atoms with Crippen LogP contribution in [0, 0.1) is 0 Å². The summed E-state index contributed by atoms with van der Waals surface area (Å²) in [4.78, 5) is 0. The number of rotatable bonds is 2. The van der Waals surface area contributed by atoms with Crippen LogP contribution >= 0.6 is 0 Å². The van der Waals surface area contributed by atoms with Gasteiger partial charge in [0.15, 0.2) is 0 Å². The third kappa shape index (κ3) is 2.59. The molecular weight excluding hydrogens is 263 g/mol. The minimum atomic E-state index is -0.881. The van der Waals surface area contributed by atoms with E-state index in [1.807, 2.05) is 0 Å². The van der Waals surface area contributed by atoms with Crippen LogP contribution < -0.4 is 7.16 Å². The summed E-state index contributed by atoms with van der Waals surface area (Å²) in [5, 5.41) is 0. The van der Waals surface area contributed by atoms with Crippen molar-refractivity contribution < 1.29 is 0 Å². The van der Waals surface area contributed by atoms with Crippen molar-refractivity contribution in [1.82, 2.24) is 0 Å². The van der Waals surface area contributed by atoms with E-state index in [9.17, 15) is 0 Å². The van der Waals surface area contributed by atoms with Crippen LogP contribution in [0.2, 0.25) is 0 Å². The van der Waals surface area contributed by atoms with Crippen molar-refractivity contribution in [3.63, 3.8) is 0 Å². The van der Waals surface area contributed by atoms with Gasteiger partial charge in [-0.05, 0) is 0 Å². The molecule has 0 radical (unpaired) electrons. The second kappa shape index (κ2) is 4.47. The predicted molar refractivity (Wildman–Crippen MR) is 60.7 cm³/mol. The van der Waals surface area contributed by atoms with Crippen LogP contribution in [0.1, 0.15) is 0 Å². The molecule has 0 amide bonds. The van der Waals surface area contributed by atoms with E-state index in [1.54, 1.807) is 7.16 Å². The molecule has 13 heavy (non-hydrogen) atoms. The van der Waals surface area contributed by atoms with Gasteiger partial charge in [0.05, 0.1) is 0 Å². The topological polar surface area (TPSA) is 0 Å². The van der Waals surface area contributed by atoms with Crippen LogP contribution in [0.25, 0.3) is 0 Å². The van der Waals surface area contributed by atoms with Crippen LogP contribution in [-0.2, 0) is 0 Å². The molecule has 0 aromatic heterocycles. The average molecular weight is 275 g/mol. The van der Waals surface area contributed by atoms with Gasteiger partial charge in [-0.15, -0.1) is 0 Å². The molecule has 0 nitrogen and oxygen atoms in total. The van der Waals surface area contributed by atoms with E-state index in [4.69, 9.17) is 0 Å². The Hall–Kier alpha value is -0.761. The van der Waals surface area contributed by atoms with Gasteiger partial charge in [0, 0.05) is 0 Å². The Bertz CT molecular complexity index is 316. The van der Waals surface area contributed by atoms with E-state index >= 15 is 0 Å². The van der Waals surface area contributed by atoms with E-state index in [1.165, 1.54) is 0 Å². The summed E-state index contributed by atoms with van der Waals surface area (Å²) in [7, 11) is 0. The molecule has 0 saturated carbocycles. The molecule has 64 valence electrons. The van der Waals surface area contributed by atoms with E-state index < -0.39 is 21.1 Å². The van der Waals surface area contributed by atoms with Gasteiger partial charge in [0.25, 0.3) is 0 Å². The predicted octanol–water partition coefficient (Wildman–Crippen LogP) is 0.806. The van der Waals surface area contributed by atoms with Crippen LogP contribution in [0.3, 0.4) is 0 Å². The van der Waals surface area contributed by atoms with Crippen molar-refractivity contribution in [3.05, 3.63) is 60.7 Å². The summed E-state index contributed by atoms with van der Waals surface area (Å²) in [5.74, 6) is 0. The zero-order chi connectivity index (χ0) is 8.93. The minimum absolute atomic E-state index is 0.881. The first-order chi connectivity index (χ1) is 6.45. The fourth-order valence-corrected chi connectivity index (χ4v) is 5.67. The van der Waals surface area contributed by atoms with Gasteiger partial charge in [0.2, 0.25) is 0 Å². The molecule has 0 aliphatic rings. The Morgan fingerprint density at radius 2 is 0.923 bits per heavy atom. The van der Waals surface area contributed by atoms with Crippen molar-refractivity contribution in [1.29, 1.82) is 0 Å². The molecular formula is C12H12Sn. The first-order valence-corrected chi connectivity index (χ1v) is 8.56. The SMILES string of the molecule is c1cc[c]([SnH2][c]2ccccc2)cc1. The Labute approximate surface area is 88.8 Å². The van der Waals surface area contributed by atoms with Gasteiger partial charge in [-0.25, -0.2) is 0 Å². The Balaban J connectivity index is 2.16. The van der Waals surface area contributed by atoms with Gasteiger partial charge in [-0.2, -0.15) is 0 Å². The summed E-state index contributed by atoms with van der Waals surface area (Å²) in [5.41, 5.74) is 0. The monoisotopic (exact) mass is 276 g/mol. The normalized spacial score (nSPS) is 9.85. The molecule has 0 bridgehead atoms. The Kier molecular flexibility index (Phi) is 3.03. The molecule has 0 aliphatic carbocycles. The van der Waals surface area contributed by atoms with Gasteiger partial charge in [-0.1, -0.05) is 0 Å². The molecule has 0 heterocycles. The summed E-state index contributed by atoms with van der Waals surface area (Å²) in [6, 6.07) is 21.7. The molecule has 2 aromatic rings. The Morgan fingerprint density at radius 3 is 1.31 bits per heavy atom. The van der Waals surface area contributed by atoms with Crippen molar-refractivity contribution in [2.24, 2.45) is 0 Å². The standard InChI is InChI=1S/2C6H5.Sn.2H/c2*1-2-4-6-5-3-1;;;/h2*1-5H;;;. The van der Waals surface area contributed by atoms with Crippen molar-refractivity contribution in [2.45, 2.75) is 0 Å². The molecule has 0 atom stereocenters. The maximum absolute atomic E-state index is 2.25. The molecule has 2 aromatic carbocycles. The van der Waals surface area contributed by atoms with Crippen LogP contribution in [0.5, 0.6) is 0 Å². The summed E-state index contributed by atoms with van der Waals surface area (Å²) in [6.07, 6.45) is 0. The van der Waals surface area contributed by atoms with Gasteiger partial charge in [0.1, 0.15) is 0 Å². The van der Waals surface area contributed by atoms with Crippen molar-refractivity contribution in [3.8, 4) is 0 Å². The Morgan fingerprint density at radius 1 is 0.538 bits per heavy atom. The molecule has 0 N–H and O–H groups in total. The maximum atomic E-state index is 2.25. The second-order valence-corrected chi connectivity index (χ2v) is 8.82. The molecule has 0 fully saturated rings. The summed E-state index contributed by atoms with van der Waals surface area (Å²) in [6.45, 7) is 0. The quantitative estimate of drug-likeness (QED) is 0.711. The van der Waals surface area contributed by atoms with E-state index in [0.29, 0.717) is 0 Å². The van der Waals surface area contributed by atoms with Gasteiger partial charge in [-0.3, -0.25) is 0 Å². The fourth-order valence-electron chi connectivity index (χ4n) is 1.43. The van der Waals surface area contributed by atoms with Crippen LogP contribution in [0.15, 0.2) is 60.7 Å². The molecule has 0 saturated heterocycles. The third-order valence-corrected chi connectivity index (χ3v) is 7.12. The average Bonchev–Trinajstić information content (AvgIpc) is 2.21. The van der Waals surface area contributed by atoms with E-state index in [0.717, 1.165) is 0 Å². The van der Waals surface area contributed by atoms with E-state index in [2.05, 4.69) is 60.7 Å². The summed E-state index contributed by atoms with van der Waals surface area (Å²) >= 11 is -0.881. The van der Waals surface area contributed by atoms with Gasteiger partial charge >= 0.3 is 89.0 Å². The first kappa shape index (κ1) is 8.82. The number of hydrogen-bond donors (Lipinski definition) is 0. The third-order valence-electron chi connectivity index (χ3n) is 2.09. The van der Waals surface area contributed by atoms with Crippen molar-refractivity contribution >= 4 is 28.3 Å². The number of benzene rings is 2. The summed E-state index contributed by atoms with van der Waals surface area (Å²) < 4.78 is 3.16. The van der Waals surface area contributed by atoms with Crippen LogP contribution in [-0.4, -0.2) is 21.1 Å². The van der Waals surface area contributed by atoms with Crippen molar-refractivity contribution in [2.75, 3.05) is 0 Å². The zero-order valence-electron chi connectivity index (χ0n) is 7.48. The molecule has 1 heteroatoms. The molecule has 0 unspecified atom stereocenters. The van der Waals surface area contributed by atoms with E-state index in [-0.39, 0.29) is 0 Å².